The average molecular weight is 451 g/mol. The Hall–Kier alpha value is -3.30. The number of pyridine rings is 1. The van der Waals surface area contributed by atoms with E-state index in [1.165, 1.54) is 0 Å². The Bertz CT molecular complexity index is 938. The quantitative estimate of drug-likeness (QED) is 0.567. The lowest BCUT2D eigenvalue weighted by Crippen LogP contribution is -2.41. The monoisotopic (exact) mass is 451 g/mol. The minimum absolute atomic E-state index is 0.0725. The Kier molecular flexibility index (Phi) is 7.55. The molecule has 172 valence electrons. The van der Waals surface area contributed by atoms with Gasteiger partial charge in [-0.05, 0) is 48.2 Å². The molecule has 1 atom stereocenters. The highest BCUT2D eigenvalue weighted by molar-refractivity contribution is 5.84. The van der Waals surface area contributed by atoms with Gasteiger partial charge in [-0.15, -0.1) is 0 Å². The first kappa shape index (κ1) is 23.4. The number of hydrogen-bond donors (Lipinski definition) is 2. The van der Waals surface area contributed by atoms with Gasteiger partial charge in [0, 0.05) is 19.3 Å². The second-order valence-electron chi connectivity index (χ2n) is 7.58. The fourth-order valence-corrected chi connectivity index (χ4v) is 3.60. The number of benzene rings is 1. The Balaban J connectivity index is 1.65. The van der Waals surface area contributed by atoms with Crippen molar-refractivity contribution in [1.82, 2.24) is 9.88 Å². The van der Waals surface area contributed by atoms with E-state index in [0.29, 0.717) is 41.3 Å². The SMILES string of the molecule is O=C(O)C[C@H]1Cc2ccc(OCCCNc3ccccn3)cc2CN(CC(F)(F)F)C1=O. The highest BCUT2D eigenvalue weighted by Gasteiger charge is 2.38. The van der Waals surface area contributed by atoms with Crippen LogP contribution in [0.15, 0.2) is 42.6 Å². The van der Waals surface area contributed by atoms with Gasteiger partial charge in [-0.2, -0.15) is 13.2 Å². The number of rotatable bonds is 9. The molecule has 0 unspecified atom stereocenters. The minimum Gasteiger partial charge on any atom is -0.494 e. The fourth-order valence-electron chi connectivity index (χ4n) is 3.60. The van der Waals surface area contributed by atoms with Crippen molar-refractivity contribution in [2.75, 3.05) is 25.0 Å². The third-order valence-corrected chi connectivity index (χ3v) is 5.02. The molecule has 1 aliphatic rings. The van der Waals surface area contributed by atoms with E-state index in [2.05, 4.69) is 10.3 Å². The second-order valence-corrected chi connectivity index (χ2v) is 7.58. The number of carbonyl (C=O) groups is 2. The molecule has 0 spiro atoms. The van der Waals surface area contributed by atoms with E-state index >= 15 is 0 Å². The summed E-state index contributed by atoms with van der Waals surface area (Å²) in [6.45, 7) is -0.661. The zero-order valence-electron chi connectivity index (χ0n) is 17.3. The molecule has 2 N–H and O–H groups in total. The van der Waals surface area contributed by atoms with Crippen molar-refractivity contribution in [1.29, 1.82) is 0 Å². The molecule has 0 bridgehead atoms. The van der Waals surface area contributed by atoms with Gasteiger partial charge in [0.2, 0.25) is 5.91 Å². The molecule has 1 aliphatic heterocycles. The highest BCUT2D eigenvalue weighted by atomic mass is 19.4. The van der Waals surface area contributed by atoms with Crippen molar-refractivity contribution in [3.05, 3.63) is 53.7 Å². The largest absolute Gasteiger partial charge is 0.494 e. The van der Waals surface area contributed by atoms with Crippen LogP contribution in [0.2, 0.25) is 0 Å². The van der Waals surface area contributed by atoms with Crippen molar-refractivity contribution in [3.8, 4) is 5.75 Å². The van der Waals surface area contributed by atoms with E-state index in [1.54, 1.807) is 24.4 Å². The Morgan fingerprint density at radius 2 is 2.06 bits per heavy atom. The summed E-state index contributed by atoms with van der Waals surface area (Å²) in [5, 5.41) is 12.2. The van der Waals surface area contributed by atoms with Gasteiger partial charge < -0.3 is 20.1 Å². The number of aromatic nitrogens is 1. The first-order valence-electron chi connectivity index (χ1n) is 10.2. The van der Waals surface area contributed by atoms with E-state index < -0.39 is 36.9 Å². The standard InChI is InChI=1S/C22H24F3N3O4/c23-22(24,25)14-28-13-17-11-18(32-9-3-8-27-19-4-1-2-7-26-19)6-5-15(17)10-16(21(28)31)12-20(29)30/h1-2,4-7,11,16H,3,8-10,12-14H2,(H,26,27)(H,29,30)/t16-/m1/s1. The number of amides is 1. The van der Waals surface area contributed by atoms with Crippen LogP contribution in [0.25, 0.3) is 0 Å². The summed E-state index contributed by atoms with van der Waals surface area (Å²) in [6, 6.07) is 10.5. The Morgan fingerprint density at radius 3 is 2.75 bits per heavy atom. The molecule has 7 nitrogen and oxygen atoms in total. The van der Waals surface area contributed by atoms with Crippen LogP contribution < -0.4 is 10.1 Å². The number of hydrogen-bond acceptors (Lipinski definition) is 5. The van der Waals surface area contributed by atoms with E-state index in [0.717, 1.165) is 5.82 Å². The van der Waals surface area contributed by atoms with Crippen LogP contribution in [-0.2, 0) is 22.6 Å². The average Bonchev–Trinajstić information content (AvgIpc) is 2.84. The normalized spacial score (nSPS) is 16.3. The summed E-state index contributed by atoms with van der Waals surface area (Å²) >= 11 is 0. The van der Waals surface area contributed by atoms with Gasteiger partial charge in [-0.3, -0.25) is 9.59 Å². The maximum absolute atomic E-state index is 13.0. The molecular formula is C22H24F3N3O4. The molecule has 1 aromatic heterocycles. The summed E-state index contributed by atoms with van der Waals surface area (Å²) in [5.74, 6) is -1.83. The molecule has 0 aliphatic carbocycles. The van der Waals surface area contributed by atoms with Crippen molar-refractivity contribution in [3.63, 3.8) is 0 Å². The number of anilines is 1. The van der Waals surface area contributed by atoms with Crippen LogP contribution in [0.5, 0.6) is 5.75 Å². The minimum atomic E-state index is -4.58. The number of nitrogens with zero attached hydrogens (tertiary/aromatic N) is 2. The summed E-state index contributed by atoms with van der Waals surface area (Å²) in [7, 11) is 0. The number of alkyl halides is 3. The van der Waals surface area contributed by atoms with Crippen LogP contribution >= 0.6 is 0 Å². The molecule has 0 saturated heterocycles. The van der Waals surface area contributed by atoms with E-state index in [-0.39, 0.29) is 13.0 Å². The van der Waals surface area contributed by atoms with Crippen LogP contribution in [0, 0.1) is 5.92 Å². The van der Waals surface area contributed by atoms with Crippen LogP contribution in [0.4, 0.5) is 19.0 Å². The third kappa shape index (κ3) is 6.86. The molecule has 2 aromatic rings. The number of fused-ring (bicyclic) bond motifs is 1. The summed E-state index contributed by atoms with van der Waals surface area (Å²) in [6.07, 6.45) is -2.67. The van der Waals surface area contributed by atoms with Gasteiger partial charge in [0.1, 0.15) is 18.1 Å². The zero-order valence-corrected chi connectivity index (χ0v) is 17.3. The maximum atomic E-state index is 13.0. The number of carboxylic acids is 1. The number of halogens is 3. The van der Waals surface area contributed by atoms with Crippen molar-refractivity contribution in [2.24, 2.45) is 5.92 Å². The van der Waals surface area contributed by atoms with Gasteiger partial charge in [0.25, 0.3) is 0 Å². The third-order valence-electron chi connectivity index (χ3n) is 5.02. The number of nitrogens with one attached hydrogen (secondary N) is 1. The maximum Gasteiger partial charge on any atom is 0.406 e. The van der Waals surface area contributed by atoms with E-state index in [9.17, 15) is 22.8 Å². The summed E-state index contributed by atoms with van der Waals surface area (Å²) in [4.78, 5) is 28.5. The van der Waals surface area contributed by atoms with Crippen molar-refractivity contribution in [2.45, 2.75) is 32.0 Å². The molecule has 10 heteroatoms. The van der Waals surface area contributed by atoms with Crippen molar-refractivity contribution < 1.29 is 32.6 Å². The first-order chi connectivity index (χ1) is 15.2. The lowest BCUT2D eigenvalue weighted by atomic mass is 9.94. The second kappa shape index (κ2) is 10.3. The van der Waals surface area contributed by atoms with Gasteiger partial charge in [0.15, 0.2) is 0 Å². The lowest BCUT2D eigenvalue weighted by Gasteiger charge is -2.25. The van der Waals surface area contributed by atoms with Gasteiger partial charge >= 0.3 is 12.1 Å². The number of carboxylic acid groups (broad SMARTS) is 1. The summed E-state index contributed by atoms with van der Waals surface area (Å²) in [5.41, 5.74) is 1.18. The predicted octanol–water partition coefficient (Wildman–Crippen LogP) is 3.50. The van der Waals surface area contributed by atoms with E-state index in [4.69, 9.17) is 9.84 Å². The fraction of sp³-hybridized carbons (Fsp3) is 0.409. The molecule has 32 heavy (non-hydrogen) atoms. The molecular weight excluding hydrogens is 427 g/mol. The van der Waals surface area contributed by atoms with Crippen LogP contribution in [0.1, 0.15) is 24.0 Å². The topological polar surface area (TPSA) is 91.8 Å². The summed E-state index contributed by atoms with van der Waals surface area (Å²) < 4.78 is 44.7. The molecule has 3 rings (SSSR count). The van der Waals surface area contributed by atoms with E-state index in [1.807, 2.05) is 18.2 Å². The molecule has 0 fully saturated rings. The molecule has 1 amide bonds. The van der Waals surface area contributed by atoms with Crippen LogP contribution in [-0.4, -0.2) is 52.7 Å². The molecule has 2 heterocycles. The molecule has 0 saturated carbocycles. The number of aliphatic carboxylic acids is 1. The van der Waals surface area contributed by atoms with Crippen LogP contribution in [0.3, 0.4) is 0 Å². The molecule has 1 aromatic carbocycles. The highest BCUT2D eigenvalue weighted by Crippen LogP contribution is 2.30. The molecule has 0 radical (unpaired) electrons. The lowest BCUT2D eigenvalue weighted by molar-refractivity contribution is -0.165. The van der Waals surface area contributed by atoms with Gasteiger partial charge in [-0.25, -0.2) is 4.98 Å². The number of carbonyl (C=O) groups excluding carboxylic acids is 1. The van der Waals surface area contributed by atoms with Gasteiger partial charge in [-0.1, -0.05) is 12.1 Å². The smallest absolute Gasteiger partial charge is 0.406 e. The van der Waals surface area contributed by atoms with Gasteiger partial charge in [0.05, 0.1) is 18.9 Å². The Morgan fingerprint density at radius 1 is 1.25 bits per heavy atom. The van der Waals surface area contributed by atoms with Crippen molar-refractivity contribution >= 4 is 17.7 Å². The Labute approximate surface area is 183 Å². The predicted molar refractivity (Wildman–Crippen MR) is 110 cm³/mol. The number of ether oxygens (including phenoxy) is 1. The first-order valence-corrected chi connectivity index (χ1v) is 10.2. The zero-order chi connectivity index (χ0) is 23.1.